The number of aryl methyl sites for hydroxylation is 2. The zero-order chi connectivity index (χ0) is 11.5. The lowest BCUT2D eigenvalue weighted by Crippen LogP contribution is -1.86. The van der Waals surface area contributed by atoms with Crippen molar-refractivity contribution in [1.29, 1.82) is 0 Å². The molecule has 2 aromatic carbocycles. The molecule has 0 radical (unpaired) electrons. The van der Waals surface area contributed by atoms with Gasteiger partial charge in [-0.25, -0.2) is 0 Å². The van der Waals surface area contributed by atoms with Crippen molar-refractivity contribution >= 4 is 0 Å². The van der Waals surface area contributed by atoms with Gasteiger partial charge in [0, 0.05) is 0 Å². The van der Waals surface area contributed by atoms with Crippen molar-refractivity contribution in [1.82, 2.24) is 0 Å². The van der Waals surface area contributed by atoms with Crippen molar-refractivity contribution < 1.29 is 4.74 Å². The van der Waals surface area contributed by atoms with E-state index in [-0.39, 0.29) is 0 Å². The number of hydrogen-bond acceptors (Lipinski definition) is 1. The lowest BCUT2D eigenvalue weighted by Gasteiger charge is -2.08. The van der Waals surface area contributed by atoms with E-state index >= 15 is 0 Å². The summed E-state index contributed by atoms with van der Waals surface area (Å²) in [7, 11) is 1.69. The summed E-state index contributed by atoms with van der Waals surface area (Å²) in [5.74, 6) is 0.897. The minimum absolute atomic E-state index is 0.897. The number of hydrogen-bond donors (Lipinski definition) is 0. The highest BCUT2D eigenvalue weighted by molar-refractivity contribution is 5.68. The smallest absolute Gasteiger partial charge is 0.118 e. The molecule has 0 heterocycles. The molecular weight excluding hydrogens is 196 g/mol. The molecule has 0 aliphatic carbocycles. The first-order valence-electron chi connectivity index (χ1n) is 5.42. The molecule has 0 amide bonds. The summed E-state index contributed by atoms with van der Waals surface area (Å²) >= 11 is 0. The van der Waals surface area contributed by atoms with Gasteiger partial charge in [-0.2, -0.15) is 0 Å². The maximum absolute atomic E-state index is 5.15. The summed E-state index contributed by atoms with van der Waals surface area (Å²) in [6.07, 6.45) is 0. The van der Waals surface area contributed by atoms with Crippen LogP contribution in [0.2, 0.25) is 0 Å². The van der Waals surface area contributed by atoms with Crippen molar-refractivity contribution in [2.75, 3.05) is 7.11 Å². The molecule has 0 bridgehead atoms. The second-order valence-corrected chi connectivity index (χ2v) is 4.05. The van der Waals surface area contributed by atoms with Crippen LogP contribution in [-0.2, 0) is 0 Å². The molecule has 2 aromatic rings. The molecule has 1 heteroatoms. The molecule has 0 saturated carbocycles. The average Bonchev–Trinajstić information content (AvgIpc) is 2.29. The first-order chi connectivity index (χ1) is 7.70. The van der Waals surface area contributed by atoms with Crippen LogP contribution in [0.1, 0.15) is 11.1 Å². The Morgan fingerprint density at radius 3 is 2.12 bits per heavy atom. The predicted octanol–water partition coefficient (Wildman–Crippen LogP) is 3.98. The fourth-order valence-electron chi connectivity index (χ4n) is 1.91. The van der Waals surface area contributed by atoms with Crippen LogP contribution in [0.4, 0.5) is 0 Å². The van der Waals surface area contributed by atoms with Gasteiger partial charge >= 0.3 is 0 Å². The molecule has 0 spiro atoms. The Kier molecular flexibility index (Phi) is 2.95. The average molecular weight is 212 g/mol. The van der Waals surface area contributed by atoms with Crippen LogP contribution in [-0.4, -0.2) is 7.11 Å². The van der Waals surface area contributed by atoms with Crippen molar-refractivity contribution in [3.05, 3.63) is 53.6 Å². The minimum Gasteiger partial charge on any atom is -0.497 e. The highest BCUT2D eigenvalue weighted by Crippen LogP contribution is 2.25. The van der Waals surface area contributed by atoms with Gasteiger partial charge in [0.25, 0.3) is 0 Å². The molecule has 0 N–H and O–H groups in total. The molecule has 0 aliphatic rings. The minimum atomic E-state index is 0.897. The number of methoxy groups -OCH3 is 1. The van der Waals surface area contributed by atoms with E-state index in [4.69, 9.17) is 4.74 Å². The van der Waals surface area contributed by atoms with E-state index in [2.05, 4.69) is 44.2 Å². The Labute approximate surface area is 96.7 Å². The molecular formula is C15H16O. The Hall–Kier alpha value is -1.76. The van der Waals surface area contributed by atoms with Crippen LogP contribution in [0.5, 0.6) is 5.75 Å². The van der Waals surface area contributed by atoms with Gasteiger partial charge in [-0.15, -0.1) is 0 Å². The van der Waals surface area contributed by atoms with Crippen LogP contribution in [0.15, 0.2) is 42.5 Å². The zero-order valence-electron chi connectivity index (χ0n) is 9.95. The van der Waals surface area contributed by atoms with Gasteiger partial charge in [-0.3, -0.25) is 0 Å². The van der Waals surface area contributed by atoms with Crippen molar-refractivity contribution in [2.45, 2.75) is 13.8 Å². The SMILES string of the molecule is COc1ccc(-c2ccc(C)cc2C)cc1. The summed E-state index contributed by atoms with van der Waals surface area (Å²) < 4.78 is 5.15. The lowest BCUT2D eigenvalue weighted by atomic mass is 9.99. The van der Waals surface area contributed by atoms with Crippen LogP contribution >= 0.6 is 0 Å². The second kappa shape index (κ2) is 4.40. The van der Waals surface area contributed by atoms with Gasteiger partial charge < -0.3 is 4.74 Å². The van der Waals surface area contributed by atoms with Crippen LogP contribution in [0.3, 0.4) is 0 Å². The molecule has 2 rings (SSSR count). The monoisotopic (exact) mass is 212 g/mol. The van der Waals surface area contributed by atoms with Gasteiger partial charge in [0.05, 0.1) is 7.11 Å². The lowest BCUT2D eigenvalue weighted by molar-refractivity contribution is 0.415. The van der Waals surface area contributed by atoms with Gasteiger partial charge in [0.1, 0.15) is 5.75 Å². The Bertz CT molecular complexity index is 483. The fourth-order valence-corrected chi connectivity index (χ4v) is 1.91. The summed E-state index contributed by atoms with van der Waals surface area (Å²) in [6, 6.07) is 14.7. The maximum atomic E-state index is 5.15. The molecule has 16 heavy (non-hydrogen) atoms. The summed E-state index contributed by atoms with van der Waals surface area (Å²) in [5, 5.41) is 0. The molecule has 0 saturated heterocycles. The number of benzene rings is 2. The van der Waals surface area contributed by atoms with Gasteiger partial charge in [-0.05, 0) is 42.7 Å². The second-order valence-electron chi connectivity index (χ2n) is 4.05. The third-order valence-electron chi connectivity index (χ3n) is 2.78. The van der Waals surface area contributed by atoms with Crippen LogP contribution < -0.4 is 4.74 Å². The van der Waals surface area contributed by atoms with Crippen LogP contribution in [0.25, 0.3) is 11.1 Å². The third kappa shape index (κ3) is 2.08. The first kappa shape index (κ1) is 10.7. The summed E-state index contributed by atoms with van der Waals surface area (Å²) in [6.45, 7) is 4.26. The van der Waals surface area contributed by atoms with E-state index in [9.17, 15) is 0 Å². The topological polar surface area (TPSA) is 9.23 Å². The molecule has 0 aliphatic heterocycles. The summed E-state index contributed by atoms with van der Waals surface area (Å²) in [4.78, 5) is 0. The van der Waals surface area contributed by atoms with Gasteiger partial charge in [0.2, 0.25) is 0 Å². The summed E-state index contributed by atoms with van der Waals surface area (Å²) in [5.41, 5.74) is 5.13. The third-order valence-corrected chi connectivity index (χ3v) is 2.78. The standard InChI is InChI=1S/C15H16O/c1-11-4-9-15(12(2)10-11)13-5-7-14(16-3)8-6-13/h4-10H,1-3H3. The van der Waals surface area contributed by atoms with E-state index < -0.39 is 0 Å². The molecule has 82 valence electrons. The van der Waals surface area contributed by atoms with E-state index in [1.165, 1.54) is 22.3 Å². The van der Waals surface area contributed by atoms with Gasteiger partial charge in [0.15, 0.2) is 0 Å². The molecule has 0 atom stereocenters. The van der Waals surface area contributed by atoms with Gasteiger partial charge in [-0.1, -0.05) is 35.9 Å². The van der Waals surface area contributed by atoms with Crippen molar-refractivity contribution in [2.24, 2.45) is 0 Å². The Morgan fingerprint density at radius 1 is 0.875 bits per heavy atom. The normalized spacial score (nSPS) is 10.2. The quantitative estimate of drug-likeness (QED) is 0.731. The molecule has 0 unspecified atom stereocenters. The predicted molar refractivity (Wildman–Crippen MR) is 67.9 cm³/mol. The Balaban J connectivity index is 2.42. The highest BCUT2D eigenvalue weighted by Gasteiger charge is 2.01. The van der Waals surface area contributed by atoms with Crippen molar-refractivity contribution in [3.8, 4) is 16.9 Å². The zero-order valence-corrected chi connectivity index (χ0v) is 9.95. The number of ether oxygens (including phenoxy) is 1. The fraction of sp³-hybridized carbons (Fsp3) is 0.200. The van der Waals surface area contributed by atoms with E-state index in [0.29, 0.717) is 0 Å². The highest BCUT2D eigenvalue weighted by atomic mass is 16.5. The molecule has 0 aromatic heterocycles. The number of rotatable bonds is 2. The van der Waals surface area contributed by atoms with E-state index in [1.54, 1.807) is 7.11 Å². The molecule has 1 nitrogen and oxygen atoms in total. The largest absolute Gasteiger partial charge is 0.497 e. The molecule has 0 fully saturated rings. The van der Waals surface area contributed by atoms with E-state index in [0.717, 1.165) is 5.75 Å². The first-order valence-corrected chi connectivity index (χ1v) is 5.42. The maximum Gasteiger partial charge on any atom is 0.118 e. The van der Waals surface area contributed by atoms with Crippen molar-refractivity contribution in [3.63, 3.8) is 0 Å². The van der Waals surface area contributed by atoms with E-state index in [1.807, 2.05) is 12.1 Å². The Morgan fingerprint density at radius 2 is 1.56 bits per heavy atom. The van der Waals surface area contributed by atoms with Crippen LogP contribution in [0, 0.1) is 13.8 Å².